The van der Waals surface area contributed by atoms with Crippen LogP contribution in [-0.4, -0.2) is 62.9 Å². The molecule has 2 heterocycles. The number of benzene rings is 2. The van der Waals surface area contributed by atoms with Gasteiger partial charge in [-0.3, -0.25) is 0 Å². The molecule has 2 aromatic carbocycles. The van der Waals surface area contributed by atoms with Crippen molar-refractivity contribution in [3.05, 3.63) is 48.0 Å². The number of methoxy groups -OCH3 is 1. The Morgan fingerprint density at radius 2 is 1.87 bits per heavy atom. The number of rotatable bonds is 10. The summed E-state index contributed by atoms with van der Waals surface area (Å²) in [4.78, 5) is 7.43. The molecule has 1 aromatic heterocycles. The van der Waals surface area contributed by atoms with E-state index in [-0.39, 0.29) is 0 Å². The van der Waals surface area contributed by atoms with Gasteiger partial charge in [-0.25, -0.2) is 4.31 Å². The minimum atomic E-state index is 0.641. The summed E-state index contributed by atoms with van der Waals surface area (Å²) in [6, 6.07) is 15.8. The Balaban J connectivity index is 1.55. The van der Waals surface area contributed by atoms with Gasteiger partial charge in [0.1, 0.15) is 0 Å². The van der Waals surface area contributed by atoms with Gasteiger partial charge in [0.15, 0.2) is 0 Å². The van der Waals surface area contributed by atoms with Crippen LogP contribution < -0.4 is 4.90 Å². The average molecular weight is 440 g/mol. The molecule has 166 valence electrons. The fourth-order valence-corrected chi connectivity index (χ4v) is 4.90. The molecule has 0 aliphatic carbocycles. The standard InChI is InChI=1S/C25H33N3O2S/c1-19-6-7-20-17-24(26-23(20)16-19)22-18-21(8-9-25(22)28-10-4-5-11-28)31-27(2)12-13-30-15-14-29-3/h6-9,16-18,26H,4-5,10-15H2,1-3H3. The van der Waals surface area contributed by atoms with Crippen LogP contribution in [0.25, 0.3) is 22.2 Å². The number of nitrogens with one attached hydrogen (secondary N) is 1. The highest BCUT2D eigenvalue weighted by molar-refractivity contribution is 7.97. The monoisotopic (exact) mass is 439 g/mol. The van der Waals surface area contributed by atoms with Crippen molar-refractivity contribution in [2.45, 2.75) is 24.7 Å². The van der Waals surface area contributed by atoms with Crippen molar-refractivity contribution in [2.75, 3.05) is 58.5 Å². The molecule has 0 bridgehead atoms. The molecule has 0 amide bonds. The first kappa shape index (κ1) is 22.2. The maximum atomic E-state index is 5.61. The van der Waals surface area contributed by atoms with Gasteiger partial charge in [-0.15, -0.1) is 0 Å². The third-order valence-electron chi connectivity index (χ3n) is 5.73. The van der Waals surface area contributed by atoms with Gasteiger partial charge >= 0.3 is 0 Å². The summed E-state index contributed by atoms with van der Waals surface area (Å²) in [6.07, 6.45) is 2.54. The largest absolute Gasteiger partial charge is 0.382 e. The number of ether oxygens (including phenoxy) is 2. The summed E-state index contributed by atoms with van der Waals surface area (Å²) in [5, 5.41) is 1.26. The van der Waals surface area contributed by atoms with E-state index in [4.69, 9.17) is 9.47 Å². The fourth-order valence-electron chi connectivity index (χ4n) is 4.07. The zero-order valence-electron chi connectivity index (χ0n) is 18.8. The number of aromatic amines is 1. The molecule has 0 saturated carbocycles. The topological polar surface area (TPSA) is 40.7 Å². The second-order valence-electron chi connectivity index (χ2n) is 8.19. The van der Waals surface area contributed by atoms with Crippen LogP contribution in [-0.2, 0) is 9.47 Å². The number of hydrogen-bond acceptors (Lipinski definition) is 5. The molecular weight excluding hydrogens is 406 g/mol. The van der Waals surface area contributed by atoms with E-state index in [0.717, 1.165) is 19.6 Å². The van der Waals surface area contributed by atoms with Crippen molar-refractivity contribution >= 4 is 28.5 Å². The SMILES string of the molecule is COCCOCCN(C)Sc1ccc(N2CCCC2)c(-c2cc3ccc(C)cc3[nH]2)c1. The molecule has 1 N–H and O–H groups in total. The summed E-state index contributed by atoms with van der Waals surface area (Å²) in [7, 11) is 3.81. The van der Waals surface area contributed by atoms with Crippen LogP contribution in [0.3, 0.4) is 0 Å². The van der Waals surface area contributed by atoms with Gasteiger partial charge in [0.05, 0.1) is 19.8 Å². The number of nitrogens with zero attached hydrogens (tertiary/aromatic N) is 2. The van der Waals surface area contributed by atoms with E-state index in [1.165, 1.54) is 51.1 Å². The fraction of sp³-hybridized carbons (Fsp3) is 0.440. The van der Waals surface area contributed by atoms with Crippen LogP contribution in [0.2, 0.25) is 0 Å². The quantitative estimate of drug-likeness (QED) is 0.341. The van der Waals surface area contributed by atoms with Crippen molar-refractivity contribution in [1.29, 1.82) is 0 Å². The lowest BCUT2D eigenvalue weighted by Crippen LogP contribution is -2.19. The van der Waals surface area contributed by atoms with Gasteiger partial charge in [0.2, 0.25) is 0 Å². The highest BCUT2D eigenvalue weighted by atomic mass is 32.2. The number of aryl methyl sites for hydroxylation is 1. The average Bonchev–Trinajstić information content (AvgIpc) is 3.43. The van der Waals surface area contributed by atoms with Crippen molar-refractivity contribution in [3.8, 4) is 11.3 Å². The van der Waals surface area contributed by atoms with Gasteiger partial charge in [0.25, 0.3) is 0 Å². The molecule has 1 aliphatic rings. The van der Waals surface area contributed by atoms with Crippen LogP contribution in [0.5, 0.6) is 0 Å². The van der Waals surface area contributed by atoms with E-state index >= 15 is 0 Å². The molecule has 0 unspecified atom stereocenters. The Kier molecular flexibility index (Phi) is 7.56. The Bertz CT molecular complexity index is 998. The highest BCUT2D eigenvalue weighted by Crippen LogP contribution is 2.37. The highest BCUT2D eigenvalue weighted by Gasteiger charge is 2.19. The molecule has 3 aromatic rings. The summed E-state index contributed by atoms with van der Waals surface area (Å²) < 4.78 is 12.9. The molecule has 0 spiro atoms. The van der Waals surface area contributed by atoms with Crippen molar-refractivity contribution in [2.24, 2.45) is 0 Å². The van der Waals surface area contributed by atoms with Crippen LogP contribution >= 0.6 is 11.9 Å². The first-order valence-corrected chi connectivity index (χ1v) is 11.9. The lowest BCUT2D eigenvalue weighted by Gasteiger charge is -2.23. The number of aromatic nitrogens is 1. The van der Waals surface area contributed by atoms with Gasteiger partial charge in [-0.1, -0.05) is 12.1 Å². The first-order chi connectivity index (χ1) is 15.1. The molecule has 0 atom stereocenters. The number of hydrogen-bond donors (Lipinski definition) is 1. The summed E-state index contributed by atoms with van der Waals surface area (Å²) >= 11 is 1.77. The molecule has 1 aliphatic heterocycles. The Morgan fingerprint density at radius 3 is 2.68 bits per heavy atom. The maximum Gasteiger partial charge on any atom is 0.0700 e. The van der Waals surface area contributed by atoms with E-state index in [9.17, 15) is 0 Å². The molecular formula is C25H33N3O2S. The van der Waals surface area contributed by atoms with Crippen LogP contribution in [0.15, 0.2) is 47.4 Å². The van der Waals surface area contributed by atoms with E-state index in [1.807, 2.05) is 0 Å². The van der Waals surface area contributed by atoms with Gasteiger partial charge in [-0.2, -0.15) is 0 Å². The van der Waals surface area contributed by atoms with E-state index < -0.39 is 0 Å². The smallest absolute Gasteiger partial charge is 0.0700 e. The summed E-state index contributed by atoms with van der Waals surface area (Å²) in [5.74, 6) is 0. The van der Waals surface area contributed by atoms with Gasteiger partial charge < -0.3 is 19.4 Å². The van der Waals surface area contributed by atoms with Crippen LogP contribution in [0, 0.1) is 6.92 Å². The number of likely N-dealkylation sites (N-methyl/N-ethyl adjacent to an activating group) is 1. The third kappa shape index (κ3) is 5.63. The minimum absolute atomic E-state index is 0.641. The normalized spacial score (nSPS) is 14.3. The third-order valence-corrected chi connectivity index (χ3v) is 6.69. The van der Waals surface area contributed by atoms with E-state index in [1.54, 1.807) is 19.1 Å². The Morgan fingerprint density at radius 1 is 1.03 bits per heavy atom. The predicted octanol–water partition coefficient (Wildman–Crippen LogP) is 5.35. The Labute approximate surface area is 189 Å². The maximum absolute atomic E-state index is 5.61. The molecule has 6 heteroatoms. The van der Waals surface area contributed by atoms with Crippen molar-refractivity contribution < 1.29 is 9.47 Å². The lowest BCUT2D eigenvalue weighted by atomic mass is 10.1. The van der Waals surface area contributed by atoms with E-state index in [0.29, 0.717) is 19.8 Å². The van der Waals surface area contributed by atoms with Crippen LogP contribution in [0.4, 0.5) is 5.69 Å². The molecule has 1 fully saturated rings. The van der Waals surface area contributed by atoms with E-state index in [2.05, 4.69) is 70.6 Å². The number of H-pyrrole nitrogens is 1. The molecule has 5 nitrogen and oxygen atoms in total. The summed E-state index contributed by atoms with van der Waals surface area (Å²) in [6.45, 7) is 7.26. The minimum Gasteiger partial charge on any atom is -0.382 e. The lowest BCUT2D eigenvalue weighted by molar-refractivity contribution is 0.0680. The summed E-state index contributed by atoms with van der Waals surface area (Å²) in [5.41, 5.74) is 6.28. The molecule has 0 radical (unpaired) electrons. The van der Waals surface area contributed by atoms with Crippen molar-refractivity contribution in [1.82, 2.24) is 9.29 Å². The Hall–Kier alpha value is -1.99. The number of fused-ring (bicyclic) bond motifs is 1. The zero-order valence-corrected chi connectivity index (χ0v) is 19.6. The second-order valence-corrected chi connectivity index (χ2v) is 9.47. The number of anilines is 1. The predicted molar refractivity (Wildman–Crippen MR) is 131 cm³/mol. The first-order valence-electron chi connectivity index (χ1n) is 11.1. The van der Waals surface area contributed by atoms with Crippen molar-refractivity contribution in [3.63, 3.8) is 0 Å². The molecule has 1 saturated heterocycles. The molecule has 4 rings (SSSR count). The van der Waals surface area contributed by atoms with Crippen LogP contribution in [0.1, 0.15) is 18.4 Å². The zero-order chi connectivity index (χ0) is 21.6. The second kappa shape index (κ2) is 10.6. The molecule has 31 heavy (non-hydrogen) atoms. The van der Waals surface area contributed by atoms with Gasteiger partial charge in [0, 0.05) is 59.5 Å². The van der Waals surface area contributed by atoms with Gasteiger partial charge in [-0.05, 0) is 74.7 Å².